The van der Waals surface area contributed by atoms with E-state index in [2.05, 4.69) is 20.9 Å². The molecule has 5 heteroatoms. The molecule has 3 rings (SSSR count). The van der Waals surface area contributed by atoms with Crippen molar-refractivity contribution >= 4 is 37.7 Å². The van der Waals surface area contributed by atoms with Gasteiger partial charge < -0.3 is 4.98 Å². The van der Waals surface area contributed by atoms with Crippen LogP contribution in [-0.2, 0) is 0 Å². The Labute approximate surface area is 117 Å². The van der Waals surface area contributed by atoms with E-state index in [0.717, 1.165) is 21.8 Å². The third kappa shape index (κ3) is 1.80. The first kappa shape index (κ1) is 12.4. The van der Waals surface area contributed by atoms with Gasteiger partial charge in [-0.2, -0.15) is 0 Å². The van der Waals surface area contributed by atoms with E-state index in [9.17, 15) is 9.18 Å². The summed E-state index contributed by atoms with van der Waals surface area (Å²) in [7, 11) is 0. The molecule has 1 heterocycles. The molecule has 0 amide bonds. The number of aromatic amines is 1. The lowest BCUT2D eigenvalue weighted by Crippen LogP contribution is -2.18. The molecule has 3 aromatic rings. The fourth-order valence-corrected chi connectivity index (χ4v) is 2.78. The molecule has 0 spiro atoms. The predicted octanol–water partition coefficient (Wildman–Crippen LogP) is 3.97. The molecule has 0 aliphatic heterocycles. The van der Waals surface area contributed by atoms with E-state index in [1.54, 1.807) is 10.6 Å². The van der Waals surface area contributed by atoms with E-state index >= 15 is 0 Å². The summed E-state index contributed by atoms with van der Waals surface area (Å²) in [5.41, 5.74) is 1.45. The minimum Gasteiger partial charge on any atom is -0.306 e. The molecule has 1 N–H and O–H groups in total. The zero-order valence-electron chi connectivity index (χ0n) is 10.5. The summed E-state index contributed by atoms with van der Waals surface area (Å²) in [6.45, 7) is 3.90. The van der Waals surface area contributed by atoms with Crippen LogP contribution in [0, 0.1) is 5.82 Å². The lowest BCUT2D eigenvalue weighted by atomic mass is 10.1. The standard InChI is InChI=1S/C14H12BrFN2O/c1-7(2)18-13-9-6-10(15)11(16)5-8(9)3-4-12(13)17-14(18)19/h3-7H,1-2H3,(H,17,19). The van der Waals surface area contributed by atoms with Crippen molar-refractivity contribution in [2.24, 2.45) is 0 Å². The minimum atomic E-state index is -0.305. The molecule has 0 fully saturated rings. The molecule has 0 saturated heterocycles. The zero-order chi connectivity index (χ0) is 13.7. The zero-order valence-corrected chi connectivity index (χ0v) is 12.1. The molecule has 0 radical (unpaired) electrons. The number of benzene rings is 2. The van der Waals surface area contributed by atoms with Gasteiger partial charge in [0, 0.05) is 11.4 Å². The number of imidazole rings is 1. The monoisotopic (exact) mass is 322 g/mol. The molecule has 0 aliphatic carbocycles. The van der Waals surface area contributed by atoms with Crippen LogP contribution in [0.25, 0.3) is 21.8 Å². The molecular formula is C14H12BrFN2O. The maximum Gasteiger partial charge on any atom is 0.326 e. The van der Waals surface area contributed by atoms with Crippen LogP contribution in [-0.4, -0.2) is 9.55 Å². The second kappa shape index (κ2) is 4.20. The maximum absolute atomic E-state index is 13.6. The molecular weight excluding hydrogens is 311 g/mol. The predicted molar refractivity (Wildman–Crippen MR) is 78.1 cm³/mol. The number of fused-ring (bicyclic) bond motifs is 3. The minimum absolute atomic E-state index is 0.0377. The van der Waals surface area contributed by atoms with Crippen LogP contribution in [0.5, 0.6) is 0 Å². The Balaban J connectivity index is 2.58. The van der Waals surface area contributed by atoms with Gasteiger partial charge in [0.25, 0.3) is 0 Å². The van der Waals surface area contributed by atoms with E-state index in [0.29, 0.717) is 4.47 Å². The molecule has 2 aromatic carbocycles. The topological polar surface area (TPSA) is 37.8 Å². The molecule has 0 atom stereocenters. The van der Waals surface area contributed by atoms with Crippen molar-refractivity contribution in [3.8, 4) is 0 Å². The van der Waals surface area contributed by atoms with Crippen LogP contribution in [0.3, 0.4) is 0 Å². The van der Waals surface area contributed by atoms with Crippen molar-refractivity contribution in [2.75, 3.05) is 0 Å². The fraction of sp³-hybridized carbons (Fsp3) is 0.214. The van der Waals surface area contributed by atoms with Crippen molar-refractivity contribution in [1.29, 1.82) is 0 Å². The molecule has 0 saturated carbocycles. The van der Waals surface area contributed by atoms with Gasteiger partial charge >= 0.3 is 5.69 Å². The Morgan fingerprint density at radius 3 is 2.74 bits per heavy atom. The molecule has 19 heavy (non-hydrogen) atoms. The van der Waals surface area contributed by atoms with Gasteiger partial charge in [0.05, 0.1) is 15.5 Å². The van der Waals surface area contributed by atoms with Crippen molar-refractivity contribution in [3.05, 3.63) is 45.0 Å². The summed E-state index contributed by atoms with van der Waals surface area (Å²) in [5.74, 6) is -0.305. The first-order valence-electron chi connectivity index (χ1n) is 6.01. The molecule has 0 bridgehead atoms. The Morgan fingerprint density at radius 1 is 1.32 bits per heavy atom. The number of H-pyrrole nitrogens is 1. The number of halogens is 2. The third-order valence-corrected chi connectivity index (χ3v) is 3.86. The number of hydrogen-bond donors (Lipinski definition) is 1. The van der Waals surface area contributed by atoms with Crippen molar-refractivity contribution in [1.82, 2.24) is 9.55 Å². The van der Waals surface area contributed by atoms with Crippen molar-refractivity contribution < 1.29 is 4.39 Å². The van der Waals surface area contributed by atoms with E-state index in [1.807, 2.05) is 26.0 Å². The van der Waals surface area contributed by atoms with E-state index in [4.69, 9.17) is 0 Å². The van der Waals surface area contributed by atoms with Crippen LogP contribution in [0.2, 0.25) is 0 Å². The average Bonchev–Trinajstić information content (AvgIpc) is 2.67. The highest BCUT2D eigenvalue weighted by molar-refractivity contribution is 9.10. The van der Waals surface area contributed by atoms with E-state index < -0.39 is 0 Å². The first-order chi connectivity index (χ1) is 8.99. The SMILES string of the molecule is CC(C)n1c(=O)[nH]c2ccc3cc(F)c(Br)cc3c21. The third-order valence-electron chi connectivity index (χ3n) is 3.25. The molecule has 3 nitrogen and oxygen atoms in total. The summed E-state index contributed by atoms with van der Waals surface area (Å²) < 4.78 is 15.7. The number of aromatic nitrogens is 2. The number of rotatable bonds is 1. The van der Waals surface area contributed by atoms with Crippen LogP contribution in [0.15, 0.2) is 33.5 Å². The van der Waals surface area contributed by atoms with Crippen LogP contribution in [0.4, 0.5) is 4.39 Å². The van der Waals surface area contributed by atoms with Crippen molar-refractivity contribution in [2.45, 2.75) is 19.9 Å². The molecule has 98 valence electrons. The Kier molecular flexibility index (Phi) is 2.74. The van der Waals surface area contributed by atoms with Gasteiger partial charge in [-0.25, -0.2) is 9.18 Å². The lowest BCUT2D eigenvalue weighted by molar-refractivity contribution is 0.599. The van der Waals surface area contributed by atoms with Gasteiger partial charge in [0.1, 0.15) is 5.82 Å². The summed E-state index contributed by atoms with van der Waals surface area (Å²) in [6, 6.07) is 6.86. The smallest absolute Gasteiger partial charge is 0.306 e. The van der Waals surface area contributed by atoms with Gasteiger partial charge in [0.2, 0.25) is 0 Å². The van der Waals surface area contributed by atoms with Gasteiger partial charge in [0.15, 0.2) is 0 Å². The quantitative estimate of drug-likeness (QED) is 0.723. The lowest BCUT2D eigenvalue weighted by Gasteiger charge is -2.09. The van der Waals surface area contributed by atoms with Gasteiger partial charge in [-0.15, -0.1) is 0 Å². The molecule has 0 unspecified atom stereocenters. The fourth-order valence-electron chi connectivity index (χ4n) is 2.43. The summed E-state index contributed by atoms with van der Waals surface area (Å²) in [6.07, 6.45) is 0. The maximum atomic E-state index is 13.6. The van der Waals surface area contributed by atoms with Crippen LogP contribution < -0.4 is 5.69 Å². The number of nitrogens with one attached hydrogen (secondary N) is 1. The van der Waals surface area contributed by atoms with E-state index in [1.165, 1.54) is 6.07 Å². The highest BCUT2D eigenvalue weighted by atomic mass is 79.9. The van der Waals surface area contributed by atoms with Crippen molar-refractivity contribution in [3.63, 3.8) is 0 Å². The summed E-state index contributed by atoms with van der Waals surface area (Å²) in [5, 5.41) is 1.64. The average molecular weight is 323 g/mol. The van der Waals surface area contributed by atoms with Crippen LogP contribution >= 0.6 is 15.9 Å². The highest BCUT2D eigenvalue weighted by Gasteiger charge is 2.14. The number of nitrogens with zero attached hydrogens (tertiary/aromatic N) is 1. The van der Waals surface area contributed by atoms with E-state index in [-0.39, 0.29) is 17.5 Å². The Bertz CT molecular complexity index is 848. The second-order valence-corrected chi connectivity index (χ2v) is 5.70. The van der Waals surface area contributed by atoms with Gasteiger partial charge in [-0.3, -0.25) is 4.57 Å². The first-order valence-corrected chi connectivity index (χ1v) is 6.80. The number of hydrogen-bond acceptors (Lipinski definition) is 1. The summed E-state index contributed by atoms with van der Waals surface area (Å²) in [4.78, 5) is 14.8. The molecule has 0 aliphatic rings. The van der Waals surface area contributed by atoms with Gasteiger partial charge in [-0.05, 0) is 53.4 Å². The largest absolute Gasteiger partial charge is 0.326 e. The molecule has 1 aromatic heterocycles. The Morgan fingerprint density at radius 2 is 2.05 bits per heavy atom. The van der Waals surface area contributed by atoms with Crippen LogP contribution in [0.1, 0.15) is 19.9 Å². The highest BCUT2D eigenvalue weighted by Crippen LogP contribution is 2.29. The summed E-state index contributed by atoms with van der Waals surface area (Å²) >= 11 is 3.20. The normalized spacial score (nSPS) is 11.8. The Hall–Kier alpha value is -1.62. The van der Waals surface area contributed by atoms with Gasteiger partial charge in [-0.1, -0.05) is 6.07 Å². The second-order valence-electron chi connectivity index (χ2n) is 4.84.